The van der Waals surface area contributed by atoms with Crippen LogP contribution in [0.2, 0.25) is 0 Å². The lowest BCUT2D eigenvalue weighted by Crippen LogP contribution is -2.07. The molecular weight excluding hydrogens is 311 g/mol. The third-order valence-electron chi connectivity index (χ3n) is 2.86. The lowest BCUT2D eigenvalue weighted by molar-refractivity contribution is -0.142. The molecule has 0 amide bonds. The molecule has 0 aliphatic heterocycles. The Labute approximate surface area is 130 Å². The molecule has 0 aliphatic rings. The summed E-state index contributed by atoms with van der Waals surface area (Å²) in [6.45, 7) is 2.05. The van der Waals surface area contributed by atoms with Gasteiger partial charge in [0.25, 0.3) is 0 Å². The van der Waals surface area contributed by atoms with Crippen LogP contribution in [0, 0.1) is 0 Å². The summed E-state index contributed by atoms with van der Waals surface area (Å²) < 4.78 is 47.5. The zero-order valence-electron chi connectivity index (χ0n) is 12.3. The van der Waals surface area contributed by atoms with Gasteiger partial charge in [0.05, 0.1) is 18.6 Å². The van der Waals surface area contributed by atoms with E-state index in [-0.39, 0.29) is 18.3 Å². The molecule has 0 unspecified atom stereocenters. The maximum Gasteiger partial charge on any atom is 0.417 e. The molecule has 7 heteroatoms. The number of ether oxygens (including phenoxy) is 2. The Morgan fingerprint density at radius 3 is 2.35 bits per heavy atom. The first-order chi connectivity index (χ1) is 10.9. The van der Waals surface area contributed by atoms with Gasteiger partial charge >= 0.3 is 12.1 Å². The molecule has 2 aromatic rings. The summed E-state index contributed by atoms with van der Waals surface area (Å²) in [7, 11) is 0. The van der Waals surface area contributed by atoms with E-state index in [2.05, 4.69) is 4.98 Å². The van der Waals surface area contributed by atoms with Crippen LogP contribution in [0.15, 0.2) is 42.6 Å². The van der Waals surface area contributed by atoms with Crippen molar-refractivity contribution in [3.63, 3.8) is 0 Å². The highest BCUT2D eigenvalue weighted by Gasteiger charge is 2.30. The molecule has 0 spiro atoms. The number of aromatic nitrogens is 1. The number of carbonyl (C=O) groups excluding carboxylic acids is 1. The van der Waals surface area contributed by atoms with Crippen LogP contribution in [0.1, 0.15) is 18.1 Å². The number of pyridine rings is 1. The van der Waals surface area contributed by atoms with E-state index in [4.69, 9.17) is 9.47 Å². The van der Waals surface area contributed by atoms with Crippen molar-refractivity contribution in [3.8, 4) is 11.6 Å². The highest BCUT2D eigenvalue weighted by molar-refractivity contribution is 5.72. The van der Waals surface area contributed by atoms with Crippen molar-refractivity contribution in [2.45, 2.75) is 19.5 Å². The van der Waals surface area contributed by atoms with Gasteiger partial charge in [-0.05, 0) is 30.7 Å². The molecule has 23 heavy (non-hydrogen) atoms. The number of hydrogen-bond donors (Lipinski definition) is 0. The van der Waals surface area contributed by atoms with E-state index >= 15 is 0 Å². The quantitative estimate of drug-likeness (QED) is 0.780. The van der Waals surface area contributed by atoms with E-state index < -0.39 is 11.7 Å². The number of carbonyl (C=O) groups is 1. The van der Waals surface area contributed by atoms with E-state index in [9.17, 15) is 18.0 Å². The first-order valence-electron chi connectivity index (χ1n) is 6.84. The van der Waals surface area contributed by atoms with Gasteiger partial charge in [0.15, 0.2) is 0 Å². The largest absolute Gasteiger partial charge is 0.466 e. The fourth-order valence-electron chi connectivity index (χ4n) is 1.78. The zero-order valence-corrected chi connectivity index (χ0v) is 12.3. The Bertz CT molecular complexity index is 652. The van der Waals surface area contributed by atoms with Crippen molar-refractivity contribution in [3.05, 3.63) is 53.7 Å². The molecule has 1 heterocycles. The van der Waals surface area contributed by atoms with Gasteiger partial charge in [-0.3, -0.25) is 4.79 Å². The fourth-order valence-corrected chi connectivity index (χ4v) is 1.78. The van der Waals surface area contributed by atoms with E-state index in [0.29, 0.717) is 18.6 Å². The SMILES string of the molecule is CCOC(=O)Cc1ccc(Oc2ccc(C(F)(F)F)cn2)cc1. The van der Waals surface area contributed by atoms with E-state index in [1.54, 1.807) is 31.2 Å². The minimum absolute atomic E-state index is 0.0520. The average molecular weight is 325 g/mol. The Kier molecular flexibility index (Phi) is 5.20. The molecule has 122 valence electrons. The van der Waals surface area contributed by atoms with E-state index in [0.717, 1.165) is 17.7 Å². The Hall–Kier alpha value is -2.57. The maximum absolute atomic E-state index is 12.4. The van der Waals surface area contributed by atoms with Gasteiger partial charge in [0.2, 0.25) is 5.88 Å². The first kappa shape index (κ1) is 16.8. The van der Waals surface area contributed by atoms with Crippen LogP contribution < -0.4 is 4.74 Å². The van der Waals surface area contributed by atoms with Gasteiger partial charge < -0.3 is 9.47 Å². The van der Waals surface area contributed by atoms with Gasteiger partial charge in [-0.25, -0.2) is 4.98 Å². The minimum Gasteiger partial charge on any atom is -0.466 e. The first-order valence-corrected chi connectivity index (χ1v) is 6.84. The van der Waals surface area contributed by atoms with Crippen molar-refractivity contribution < 1.29 is 27.4 Å². The Morgan fingerprint density at radius 2 is 1.83 bits per heavy atom. The van der Waals surface area contributed by atoms with Crippen molar-refractivity contribution in [1.82, 2.24) is 4.98 Å². The molecule has 4 nitrogen and oxygen atoms in total. The average Bonchev–Trinajstić information content (AvgIpc) is 2.49. The summed E-state index contributed by atoms with van der Waals surface area (Å²) in [4.78, 5) is 15.0. The summed E-state index contributed by atoms with van der Waals surface area (Å²) >= 11 is 0. The Morgan fingerprint density at radius 1 is 1.13 bits per heavy atom. The van der Waals surface area contributed by atoms with Crippen LogP contribution in [0.3, 0.4) is 0 Å². The van der Waals surface area contributed by atoms with Crippen molar-refractivity contribution in [2.75, 3.05) is 6.61 Å². The van der Waals surface area contributed by atoms with Crippen LogP contribution in [0.4, 0.5) is 13.2 Å². The molecule has 0 saturated heterocycles. The van der Waals surface area contributed by atoms with Gasteiger partial charge in [0, 0.05) is 12.3 Å². The van der Waals surface area contributed by atoms with Gasteiger partial charge in [0.1, 0.15) is 5.75 Å². The number of hydrogen-bond acceptors (Lipinski definition) is 4. The number of nitrogens with zero attached hydrogens (tertiary/aromatic N) is 1. The summed E-state index contributed by atoms with van der Waals surface area (Å²) in [5.74, 6) is 0.131. The van der Waals surface area contributed by atoms with Gasteiger partial charge in [-0.1, -0.05) is 12.1 Å². The molecule has 2 rings (SSSR count). The van der Waals surface area contributed by atoms with Crippen LogP contribution >= 0.6 is 0 Å². The molecule has 0 aliphatic carbocycles. The third-order valence-corrected chi connectivity index (χ3v) is 2.86. The van der Waals surface area contributed by atoms with Crippen LogP contribution in [0.25, 0.3) is 0 Å². The number of benzene rings is 1. The number of rotatable bonds is 5. The molecule has 1 aromatic carbocycles. The monoisotopic (exact) mass is 325 g/mol. The molecular formula is C16H14F3NO3. The molecule has 0 N–H and O–H groups in total. The summed E-state index contributed by atoms with van der Waals surface area (Å²) in [5.41, 5.74) is -0.0918. The Balaban J connectivity index is 1.99. The van der Waals surface area contributed by atoms with Crippen molar-refractivity contribution >= 4 is 5.97 Å². The van der Waals surface area contributed by atoms with Crippen LogP contribution in [0.5, 0.6) is 11.6 Å². The highest BCUT2D eigenvalue weighted by Crippen LogP contribution is 2.30. The third kappa shape index (κ3) is 4.98. The summed E-state index contributed by atoms with van der Waals surface area (Å²) in [6, 6.07) is 8.61. The predicted molar refractivity (Wildman–Crippen MR) is 76.1 cm³/mol. The van der Waals surface area contributed by atoms with E-state index in [1.807, 2.05) is 0 Å². The number of alkyl halides is 3. The second-order valence-corrected chi connectivity index (χ2v) is 4.61. The standard InChI is InChI=1S/C16H14F3NO3/c1-2-22-15(21)9-11-3-6-13(7-4-11)23-14-8-5-12(10-20-14)16(17,18)19/h3-8,10H,2,9H2,1H3. The molecule has 0 bridgehead atoms. The maximum atomic E-state index is 12.4. The zero-order chi connectivity index (χ0) is 16.9. The minimum atomic E-state index is -4.43. The second kappa shape index (κ2) is 7.13. The highest BCUT2D eigenvalue weighted by atomic mass is 19.4. The molecule has 0 atom stereocenters. The van der Waals surface area contributed by atoms with Crippen LogP contribution in [-0.2, 0) is 22.1 Å². The van der Waals surface area contributed by atoms with Gasteiger partial charge in [-0.2, -0.15) is 13.2 Å². The van der Waals surface area contributed by atoms with Crippen molar-refractivity contribution in [2.24, 2.45) is 0 Å². The summed E-state index contributed by atoms with van der Waals surface area (Å²) in [6.07, 6.45) is -3.57. The lowest BCUT2D eigenvalue weighted by atomic mass is 10.1. The summed E-state index contributed by atoms with van der Waals surface area (Å²) in [5, 5.41) is 0. The van der Waals surface area contributed by atoms with Crippen molar-refractivity contribution in [1.29, 1.82) is 0 Å². The lowest BCUT2D eigenvalue weighted by Gasteiger charge is -2.08. The normalized spacial score (nSPS) is 11.1. The molecule has 1 aromatic heterocycles. The van der Waals surface area contributed by atoms with Crippen LogP contribution in [-0.4, -0.2) is 17.6 Å². The molecule has 0 saturated carbocycles. The molecule has 0 fully saturated rings. The van der Waals surface area contributed by atoms with E-state index in [1.165, 1.54) is 0 Å². The smallest absolute Gasteiger partial charge is 0.417 e. The number of halogens is 3. The fraction of sp³-hybridized carbons (Fsp3) is 0.250. The van der Waals surface area contributed by atoms with Gasteiger partial charge in [-0.15, -0.1) is 0 Å². The number of esters is 1. The molecule has 0 radical (unpaired) electrons. The predicted octanol–water partition coefficient (Wildman–Crippen LogP) is 4.00. The second-order valence-electron chi connectivity index (χ2n) is 4.61. The topological polar surface area (TPSA) is 48.4 Å².